The summed E-state index contributed by atoms with van der Waals surface area (Å²) in [7, 11) is 0. The number of carboxylic acid groups (broad SMARTS) is 1. The molecule has 2 aliphatic heterocycles. The maximum Gasteiger partial charge on any atom is 0.305 e. The van der Waals surface area contributed by atoms with E-state index in [0.717, 1.165) is 37.0 Å². The number of benzene rings is 1. The van der Waals surface area contributed by atoms with E-state index in [1.54, 1.807) is 6.21 Å². The number of ether oxygens (including phenoxy) is 2. The number of nitrogens with zero attached hydrogens (tertiary/aromatic N) is 3. The largest absolute Gasteiger partial charge is 0.492 e. The molecular formula is C20H26N4O5S. The van der Waals surface area contributed by atoms with Crippen molar-refractivity contribution >= 4 is 35.0 Å². The lowest BCUT2D eigenvalue weighted by Gasteiger charge is -2.35. The van der Waals surface area contributed by atoms with Crippen LogP contribution >= 0.6 is 11.8 Å². The standard InChI is InChI=1S/C20H26N4O5S/c1-13-11-24(12-14(2)29-13)7-8-28-16-6-4-3-5-15(16)10-21-23-20-22-19(27)17(30-20)9-18(25)26/h3-6,10,13-14,17H,7-9,11-12H2,1-2H3,(H,25,26)(H,22,23,27). The fourth-order valence-corrected chi connectivity index (χ4v) is 4.27. The van der Waals surface area contributed by atoms with E-state index in [0.29, 0.717) is 12.4 Å². The lowest BCUT2D eigenvalue weighted by Crippen LogP contribution is -2.46. The number of amides is 1. The average Bonchev–Trinajstić information content (AvgIpc) is 3.01. The highest BCUT2D eigenvalue weighted by Crippen LogP contribution is 2.22. The first kappa shape index (κ1) is 22.3. The van der Waals surface area contributed by atoms with Crippen molar-refractivity contribution in [3.8, 4) is 5.75 Å². The number of amidine groups is 1. The predicted octanol–water partition coefficient (Wildman–Crippen LogP) is 1.57. The number of hydrogen-bond acceptors (Lipinski definition) is 8. The van der Waals surface area contributed by atoms with Gasteiger partial charge in [0.25, 0.3) is 0 Å². The normalized spacial score (nSPS) is 26.3. The summed E-state index contributed by atoms with van der Waals surface area (Å²) in [5, 5.41) is 19.0. The van der Waals surface area contributed by atoms with E-state index in [4.69, 9.17) is 14.6 Å². The number of carbonyl (C=O) groups excluding carboxylic acids is 1. The van der Waals surface area contributed by atoms with Gasteiger partial charge in [0, 0.05) is 25.2 Å². The van der Waals surface area contributed by atoms with E-state index in [2.05, 4.69) is 34.3 Å². The third-order valence-electron chi connectivity index (χ3n) is 4.56. The highest BCUT2D eigenvalue weighted by Gasteiger charge is 2.32. The van der Waals surface area contributed by atoms with Crippen molar-refractivity contribution in [2.45, 2.75) is 37.7 Å². The molecule has 0 aromatic heterocycles. The highest BCUT2D eigenvalue weighted by atomic mass is 32.2. The number of para-hydroxylation sites is 1. The third-order valence-corrected chi connectivity index (χ3v) is 5.63. The van der Waals surface area contributed by atoms with E-state index in [-0.39, 0.29) is 29.7 Å². The second-order valence-electron chi connectivity index (χ2n) is 7.25. The van der Waals surface area contributed by atoms with Crippen LogP contribution in [0.25, 0.3) is 0 Å². The van der Waals surface area contributed by atoms with Crippen LogP contribution in [0.3, 0.4) is 0 Å². The molecule has 3 unspecified atom stereocenters. The SMILES string of the molecule is CC1CN(CCOc2ccccc2C=NN=C2NC(=O)C(CC(=O)O)S2)CC(C)O1. The summed E-state index contributed by atoms with van der Waals surface area (Å²) in [4.78, 5) is 24.8. The number of hydrogen-bond donors (Lipinski definition) is 2. The van der Waals surface area contributed by atoms with Gasteiger partial charge in [-0.05, 0) is 26.0 Å². The summed E-state index contributed by atoms with van der Waals surface area (Å²) < 4.78 is 11.7. The molecule has 0 aliphatic carbocycles. The minimum atomic E-state index is -1.03. The third kappa shape index (κ3) is 6.54. The fourth-order valence-electron chi connectivity index (χ4n) is 3.36. The van der Waals surface area contributed by atoms with Gasteiger partial charge in [0.1, 0.15) is 17.6 Å². The Bertz CT molecular complexity index is 821. The minimum absolute atomic E-state index is 0.219. The first-order valence-corrected chi connectivity index (χ1v) is 10.7. The van der Waals surface area contributed by atoms with Gasteiger partial charge in [-0.2, -0.15) is 5.10 Å². The number of nitrogens with one attached hydrogen (secondary N) is 1. The van der Waals surface area contributed by atoms with Crippen molar-refractivity contribution < 1.29 is 24.2 Å². The molecule has 162 valence electrons. The molecule has 2 aliphatic rings. The summed E-state index contributed by atoms with van der Waals surface area (Å²) in [6.07, 6.45) is 1.74. The van der Waals surface area contributed by atoms with Crippen molar-refractivity contribution in [3.05, 3.63) is 29.8 Å². The van der Waals surface area contributed by atoms with Gasteiger partial charge < -0.3 is 19.9 Å². The quantitative estimate of drug-likeness (QED) is 0.472. The van der Waals surface area contributed by atoms with Crippen LogP contribution in [0, 0.1) is 0 Å². The number of rotatable bonds is 8. The summed E-state index contributed by atoms with van der Waals surface area (Å²) in [6, 6.07) is 7.50. The smallest absolute Gasteiger partial charge is 0.305 e. The molecule has 2 saturated heterocycles. The van der Waals surface area contributed by atoms with Crippen LogP contribution in [0.15, 0.2) is 34.5 Å². The van der Waals surface area contributed by atoms with Gasteiger partial charge in [-0.15, -0.1) is 5.10 Å². The Morgan fingerprint density at radius 3 is 2.83 bits per heavy atom. The summed E-state index contributed by atoms with van der Waals surface area (Å²) in [5.74, 6) is -0.700. The highest BCUT2D eigenvalue weighted by molar-refractivity contribution is 8.15. The van der Waals surface area contributed by atoms with Crippen molar-refractivity contribution in [2.24, 2.45) is 10.2 Å². The van der Waals surface area contributed by atoms with Crippen LogP contribution in [-0.4, -0.2) is 77.0 Å². The predicted molar refractivity (Wildman–Crippen MR) is 115 cm³/mol. The Kier molecular flexibility index (Phi) is 7.83. The molecule has 1 aromatic rings. The summed E-state index contributed by atoms with van der Waals surface area (Å²) >= 11 is 1.06. The Balaban J connectivity index is 1.54. The number of morpholine rings is 1. The number of thioether (sulfide) groups is 1. The van der Waals surface area contributed by atoms with E-state index in [9.17, 15) is 9.59 Å². The second-order valence-corrected chi connectivity index (χ2v) is 8.44. The topological polar surface area (TPSA) is 113 Å². The van der Waals surface area contributed by atoms with Crippen LogP contribution in [0.4, 0.5) is 0 Å². The number of aliphatic carboxylic acids is 1. The molecule has 0 saturated carbocycles. The zero-order valence-corrected chi connectivity index (χ0v) is 17.8. The fraction of sp³-hybridized carbons (Fsp3) is 0.500. The van der Waals surface area contributed by atoms with E-state index in [1.165, 1.54) is 0 Å². The van der Waals surface area contributed by atoms with Gasteiger partial charge in [-0.3, -0.25) is 14.5 Å². The molecule has 0 bridgehead atoms. The Hall–Kier alpha value is -2.43. The monoisotopic (exact) mass is 434 g/mol. The molecule has 2 N–H and O–H groups in total. The van der Waals surface area contributed by atoms with E-state index in [1.807, 2.05) is 24.3 Å². The van der Waals surface area contributed by atoms with Crippen molar-refractivity contribution in [1.82, 2.24) is 10.2 Å². The first-order valence-electron chi connectivity index (χ1n) is 9.80. The molecule has 3 rings (SSSR count). The molecule has 1 aromatic carbocycles. The zero-order chi connectivity index (χ0) is 21.5. The van der Waals surface area contributed by atoms with Gasteiger partial charge in [-0.25, -0.2) is 0 Å². The molecular weight excluding hydrogens is 408 g/mol. The summed E-state index contributed by atoms with van der Waals surface area (Å²) in [6.45, 7) is 7.28. The van der Waals surface area contributed by atoms with E-state index >= 15 is 0 Å². The van der Waals surface area contributed by atoms with Crippen LogP contribution in [0.5, 0.6) is 5.75 Å². The van der Waals surface area contributed by atoms with Gasteiger partial charge in [0.05, 0.1) is 24.8 Å². The lowest BCUT2D eigenvalue weighted by atomic mass is 10.2. The van der Waals surface area contributed by atoms with Crippen molar-refractivity contribution in [1.29, 1.82) is 0 Å². The Morgan fingerprint density at radius 1 is 1.37 bits per heavy atom. The minimum Gasteiger partial charge on any atom is -0.492 e. The lowest BCUT2D eigenvalue weighted by molar-refractivity contribution is -0.138. The van der Waals surface area contributed by atoms with Gasteiger partial charge in [0.15, 0.2) is 5.17 Å². The molecule has 2 heterocycles. The average molecular weight is 435 g/mol. The van der Waals surface area contributed by atoms with Crippen molar-refractivity contribution in [2.75, 3.05) is 26.2 Å². The molecule has 10 heteroatoms. The van der Waals surface area contributed by atoms with Crippen LogP contribution in [0.1, 0.15) is 25.8 Å². The van der Waals surface area contributed by atoms with Crippen LogP contribution in [-0.2, 0) is 14.3 Å². The molecule has 3 atom stereocenters. The molecule has 1 amide bonds. The van der Waals surface area contributed by atoms with Crippen LogP contribution in [0.2, 0.25) is 0 Å². The number of carbonyl (C=O) groups is 2. The van der Waals surface area contributed by atoms with Gasteiger partial charge in [-0.1, -0.05) is 23.9 Å². The Labute approximate surface area is 179 Å². The van der Waals surface area contributed by atoms with Crippen LogP contribution < -0.4 is 10.1 Å². The molecule has 0 spiro atoms. The second kappa shape index (κ2) is 10.6. The summed E-state index contributed by atoms with van der Waals surface area (Å²) in [5.41, 5.74) is 0.766. The van der Waals surface area contributed by atoms with Crippen molar-refractivity contribution in [3.63, 3.8) is 0 Å². The first-order chi connectivity index (χ1) is 14.4. The number of carboxylic acids is 1. The van der Waals surface area contributed by atoms with E-state index < -0.39 is 11.2 Å². The zero-order valence-electron chi connectivity index (χ0n) is 17.0. The molecule has 9 nitrogen and oxygen atoms in total. The van der Waals surface area contributed by atoms with Gasteiger partial charge in [0.2, 0.25) is 5.91 Å². The molecule has 30 heavy (non-hydrogen) atoms. The van der Waals surface area contributed by atoms with Gasteiger partial charge >= 0.3 is 5.97 Å². The molecule has 0 radical (unpaired) electrons. The maximum absolute atomic E-state index is 11.7. The maximum atomic E-state index is 11.7. The Morgan fingerprint density at radius 2 is 2.10 bits per heavy atom. The molecule has 2 fully saturated rings.